The third-order valence-corrected chi connectivity index (χ3v) is 7.25. The molecule has 4 atom stereocenters. The maximum Gasteiger partial charge on any atom is 0.107 e. The molecule has 0 spiro atoms. The van der Waals surface area contributed by atoms with Crippen LogP contribution in [0.1, 0.15) is 48.9 Å². The van der Waals surface area contributed by atoms with Crippen LogP contribution in [0.4, 0.5) is 11.4 Å². The van der Waals surface area contributed by atoms with Gasteiger partial charge in [-0.05, 0) is 53.6 Å². The summed E-state index contributed by atoms with van der Waals surface area (Å²) in [6, 6.07) is 13.1. The van der Waals surface area contributed by atoms with E-state index in [-0.39, 0.29) is 24.4 Å². The number of epoxide rings is 4. The highest BCUT2D eigenvalue weighted by Gasteiger charge is 2.30. The molecule has 2 aromatic rings. The molecular formula is C31H42N2O8. The smallest absolute Gasteiger partial charge is 0.107 e. The molecule has 224 valence electrons. The largest absolute Gasteiger partial charge is 0.371 e. The van der Waals surface area contributed by atoms with E-state index >= 15 is 0 Å². The van der Waals surface area contributed by atoms with Crippen LogP contribution in [0, 0.1) is 0 Å². The lowest BCUT2D eigenvalue weighted by Gasteiger charge is -2.25. The molecule has 10 nitrogen and oxygen atoms in total. The molecule has 2 aromatic carbocycles. The SMILES string of the molecule is CCCc1cc(Cc2ccc(N(OCC3CO3)OCC3CO3)c(CCC)c2)ccc1N(OCC1CO1)OCC1CO1. The van der Waals surface area contributed by atoms with Gasteiger partial charge in [0.1, 0.15) is 50.8 Å². The van der Waals surface area contributed by atoms with Crippen LogP contribution >= 0.6 is 0 Å². The van der Waals surface area contributed by atoms with E-state index in [1.165, 1.54) is 22.3 Å². The number of rotatable bonds is 20. The first kappa shape index (κ1) is 28.8. The fourth-order valence-corrected chi connectivity index (χ4v) is 4.64. The van der Waals surface area contributed by atoms with E-state index in [1.54, 1.807) is 10.5 Å². The molecule has 4 fully saturated rings. The molecular weight excluding hydrogens is 528 g/mol. The van der Waals surface area contributed by atoms with Crippen LogP contribution in [0.3, 0.4) is 0 Å². The van der Waals surface area contributed by atoms with E-state index in [0.717, 1.165) is 69.9 Å². The molecule has 0 N–H and O–H groups in total. The van der Waals surface area contributed by atoms with Crippen molar-refractivity contribution in [2.75, 3.05) is 63.3 Å². The van der Waals surface area contributed by atoms with Crippen molar-refractivity contribution in [1.29, 1.82) is 0 Å². The minimum atomic E-state index is 0.142. The van der Waals surface area contributed by atoms with E-state index in [0.29, 0.717) is 26.4 Å². The number of anilines is 2. The topological polar surface area (TPSA) is 93.5 Å². The van der Waals surface area contributed by atoms with Crippen molar-refractivity contribution in [2.24, 2.45) is 0 Å². The summed E-state index contributed by atoms with van der Waals surface area (Å²) in [6.07, 6.45) is 5.26. The average Bonchev–Trinajstić information content (AvgIpc) is 3.80. The van der Waals surface area contributed by atoms with Gasteiger partial charge in [-0.1, -0.05) is 51.0 Å². The molecule has 4 aliphatic heterocycles. The minimum Gasteiger partial charge on any atom is -0.371 e. The van der Waals surface area contributed by atoms with Crippen molar-refractivity contribution in [3.63, 3.8) is 0 Å². The highest BCUT2D eigenvalue weighted by atomic mass is 17.0. The minimum absolute atomic E-state index is 0.142. The fraction of sp³-hybridized carbons (Fsp3) is 0.613. The summed E-state index contributed by atoms with van der Waals surface area (Å²) in [7, 11) is 0. The van der Waals surface area contributed by atoms with Crippen LogP contribution in [0.2, 0.25) is 0 Å². The number of benzene rings is 2. The Morgan fingerprint density at radius 2 is 0.927 bits per heavy atom. The van der Waals surface area contributed by atoms with E-state index in [2.05, 4.69) is 50.2 Å². The lowest BCUT2D eigenvalue weighted by molar-refractivity contribution is -0.0964. The van der Waals surface area contributed by atoms with Gasteiger partial charge in [-0.3, -0.25) is 0 Å². The monoisotopic (exact) mass is 570 g/mol. The Kier molecular flexibility index (Phi) is 9.70. The predicted molar refractivity (Wildman–Crippen MR) is 151 cm³/mol. The Bertz CT molecular complexity index is 1010. The highest BCUT2D eigenvalue weighted by molar-refractivity contribution is 5.55. The maximum atomic E-state index is 6.02. The first-order valence-electron chi connectivity index (χ1n) is 15.0. The molecule has 0 radical (unpaired) electrons. The number of nitrogens with zero attached hydrogens (tertiary/aromatic N) is 2. The summed E-state index contributed by atoms with van der Waals surface area (Å²) >= 11 is 0. The van der Waals surface area contributed by atoms with Gasteiger partial charge in [-0.25, -0.2) is 19.4 Å². The van der Waals surface area contributed by atoms with Gasteiger partial charge in [-0.15, -0.1) is 10.5 Å². The second-order valence-electron chi connectivity index (χ2n) is 11.1. The van der Waals surface area contributed by atoms with Crippen LogP contribution in [-0.2, 0) is 57.6 Å². The number of ether oxygens (including phenoxy) is 4. The lowest BCUT2D eigenvalue weighted by atomic mass is 9.97. The Hall–Kier alpha value is -2.28. The van der Waals surface area contributed by atoms with Gasteiger partial charge < -0.3 is 18.9 Å². The van der Waals surface area contributed by atoms with Crippen LogP contribution in [0.25, 0.3) is 0 Å². The number of hydrogen-bond donors (Lipinski definition) is 0. The van der Waals surface area contributed by atoms with Crippen molar-refractivity contribution in [2.45, 2.75) is 70.4 Å². The van der Waals surface area contributed by atoms with E-state index < -0.39 is 0 Å². The summed E-state index contributed by atoms with van der Waals surface area (Å²) < 4.78 is 21.4. The molecule has 4 saturated heterocycles. The number of aryl methyl sites for hydroxylation is 2. The van der Waals surface area contributed by atoms with Crippen LogP contribution < -0.4 is 10.5 Å². The van der Waals surface area contributed by atoms with Crippen molar-refractivity contribution >= 4 is 11.4 Å². The molecule has 4 unspecified atom stereocenters. The third-order valence-electron chi connectivity index (χ3n) is 7.25. The molecule has 6 rings (SSSR count). The first-order chi connectivity index (χ1) is 20.2. The van der Waals surface area contributed by atoms with E-state index in [4.69, 9.17) is 38.3 Å². The third kappa shape index (κ3) is 8.86. The van der Waals surface area contributed by atoms with Gasteiger partial charge in [0.05, 0.1) is 37.8 Å². The van der Waals surface area contributed by atoms with Crippen molar-refractivity contribution in [1.82, 2.24) is 0 Å². The van der Waals surface area contributed by atoms with Crippen LogP contribution in [0.15, 0.2) is 36.4 Å². The molecule has 41 heavy (non-hydrogen) atoms. The summed E-state index contributed by atoms with van der Waals surface area (Å²) in [4.78, 5) is 24.1. The molecule has 4 heterocycles. The zero-order chi connectivity index (χ0) is 28.0. The predicted octanol–water partition coefficient (Wildman–Crippen LogP) is 4.12. The van der Waals surface area contributed by atoms with Crippen molar-refractivity contribution in [3.8, 4) is 0 Å². The molecule has 0 aromatic heterocycles. The standard InChI is InChI=1S/C31H42N2O8/c1-3-5-24-12-22(7-9-30(24)32(38-18-26-14-34-26)39-19-27-15-35-27)11-23-8-10-31(25(13-23)6-4-2)33(40-20-28-16-36-28)41-21-29-17-37-29/h7-10,12-13,26-29H,3-6,11,14-21H2,1-2H3. The second kappa shape index (κ2) is 13.8. The summed E-state index contributed by atoms with van der Waals surface area (Å²) in [5, 5.41) is 3.14. The molecule has 0 aliphatic carbocycles. The van der Waals surface area contributed by atoms with Gasteiger partial charge >= 0.3 is 0 Å². The Balaban J connectivity index is 1.17. The maximum absolute atomic E-state index is 6.02. The van der Waals surface area contributed by atoms with Gasteiger partial charge in [0, 0.05) is 0 Å². The van der Waals surface area contributed by atoms with E-state index in [9.17, 15) is 0 Å². The van der Waals surface area contributed by atoms with Crippen LogP contribution in [-0.4, -0.2) is 77.3 Å². The summed E-state index contributed by atoms with van der Waals surface area (Å²) in [5.74, 6) is 0. The van der Waals surface area contributed by atoms with Gasteiger partial charge in [-0.2, -0.15) is 0 Å². The Morgan fingerprint density at radius 1 is 0.585 bits per heavy atom. The Morgan fingerprint density at radius 3 is 1.22 bits per heavy atom. The van der Waals surface area contributed by atoms with Crippen LogP contribution in [0.5, 0.6) is 0 Å². The first-order valence-corrected chi connectivity index (χ1v) is 15.0. The average molecular weight is 571 g/mol. The number of hydrogen-bond acceptors (Lipinski definition) is 10. The van der Waals surface area contributed by atoms with Gasteiger partial charge in [0.2, 0.25) is 0 Å². The van der Waals surface area contributed by atoms with Crippen molar-refractivity contribution < 1.29 is 38.3 Å². The molecule has 0 saturated carbocycles. The Labute approximate surface area is 242 Å². The molecule has 4 aliphatic rings. The fourth-order valence-electron chi connectivity index (χ4n) is 4.64. The second-order valence-corrected chi connectivity index (χ2v) is 11.1. The van der Waals surface area contributed by atoms with E-state index in [1.807, 2.05) is 0 Å². The zero-order valence-corrected chi connectivity index (χ0v) is 24.1. The molecule has 0 bridgehead atoms. The normalized spacial score (nSPS) is 23.9. The zero-order valence-electron chi connectivity index (χ0n) is 24.1. The van der Waals surface area contributed by atoms with Gasteiger partial charge in [0.25, 0.3) is 0 Å². The van der Waals surface area contributed by atoms with Crippen molar-refractivity contribution in [3.05, 3.63) is 58.7 Å². The summed E-state index contributed by atoms with van der Waals surface area (Å²) in [6.45, 7) is 9.20. The molecule has 0 amide bonds. The van der Waals surface area contributed by atoms with Gasteiger partial charge in [0.15, 0.2) is 0 Å². The quantitative estimate of drug-likeness (QED) is 0.171. The lowest BCUT2D eigenvalue weighted by Crippen LogP contribution is -2.29. The highest BCUT2D eigenvalue weighted by Crippen LogP contribution is 2.30. The summed E-state index contributed by atoms with van der Waals surface area (Å²) in [5.41, 5.74) is 6.74. The molecule has 10 heteroatoms.